The summed E-state index contributed by atoms with van der Waals surface area (Å²) in [4.78, 5) is 22.4. The normalized spacial score (nSPS) is 10.5. The van der Waals surface area contributed by atoms with Crippen LogP contribution in [0.4, 0.5) is 5.13 Å². The summed E-state index contributed by atoms with van der Waals surface area (Å²) < 4.78 is 5.05. The smallest absolute Gasteiger partial charge is 0.186 e. The Balaban J connectivity index is 2.01. The summed E-state index contributed by atoms with van der Waals surface area (Å²) in [6.45, 7) is 1.16. The summed E-state index contributed by atoms with van der Waals surface area (Å²) in [6.07, 6.45) is 3.47. The zero-order chi connectivity index (χ0) is 14.4. The summed E-state index contributed by atoms with van der Waals surface area (Å²) in [6, 6.07) is 5.89. The van der Waals surface area contributed by atoms with E-state index in [1.807, 2.05) is 30.1 Å². The fraction of sp³-hybridized carbons (Fsp3) is 0.357. The van der Waals surface area contributed by atoms with Crippen LogP contribution in [0.3, 0.4) is 0 Å². The molecule has 5 nitrogen and oxygen atoms in total. The van der Waals surface area contributed by atoms with E-state index in [0.29, 0.717) is 17.2 Å². The van der Waals surface area contributed by atoms with Gasteiger partial charge in [-0.1, -0.05) is 17.4 Å². The minimum atomic E-state index is 0.360. The molecule has 0 aliphatic heterocycles. The molecule has 0 bridgehead atoms. The van der Waals surface area contributed by atoms with Gasteiger partial charge in [0.05, 0.1) is 17.2 Å². The first kappa shape index (κ1) is 14.6. The molecule has 0 amide bonds. The number of methoxy groups -OCH3 is 1. The summed E-state index contributed by atoms with van der Waals surface area (Å²) in [5, 5.41) is 0.829. The number of hydrogen-bond donors (Lipinski definition) is 0. The standard InChI is InChI=1S/C14H17N3O2S/c1-17(8-6-11-5-3-4-7-15-11)14-16-12(10-19-2)13(9-18)20-14/h3-5,7,9H,6,8,10H2,1-2H3. The van der Waals surface area contributed by atoms with Gasteiger partial charge in [-0.3, -0.25) is 9.78 Å². The molecule has 6 heteroatoms. The molecule has 2 aromatic heterocycles. The number of anilines is 1. The highest BCUT2D eigenvalue weighted by molar-refractivity contribution is 7.17. The van der Waals surface area contributed by atoms with Crippen LogP contribution < -0.4 is 4.90 Å². The third kappa shape index (κ3) is 3.61. The van der Waals surface area contributed by atoms with E-state index in [9.17, 15) is 4.79 Å². The van der Waals surface area contributed by atoms with Crippen molar-refractivity contribution in [2.75, 3.05) is 25.6 Å². The number of pyridine rings is 1. The molecule has 0 spiro atoms. The molecule has 0 saturated carbocycles. The van der Waals surface area contributed by atoms with Crippen LogP contribution in [0, 0.1) is 0 Å². The lowest BCUT2D eigenvalue weighted by molar-refractivity contribution is 0.112. The van der Waals surface area contributed by atoms with Gasteiger partial charge in [0, 0.05) is 39.0 Å². The minimum Gasteiger partial charge on any atom is -0.378 e. The van der Waals surface area contributed by atoms with E-state index in [1.54, 1.807) is 13.3 Å². The molecule has 2 heterocycles. The van der Waals surface area contributed by atoms with Gasteiger partial charge in [-0.25, -0.2) is 4.98 Å². The maximum atomic E-state index is 11.0. The van der Waals surface area contributed by atoms with Gasteiger partial charge < -0.3 is 9.64 Å². The van der Waals surface area contributed by atoms with Crippen LogP contribution in [0.15, 0.2) is 24.4 Å². The monoisotopic (exact) mass is 291 g/mol. The van der Waals surface area contributed by atoms with E-state index in [2.05, 4.69) is 9.97 Å². The number of rotatable bonds is 7. The zero-order valence-corrected chi connectivity index (χ0v) is 12.4. The Bertz CT molecular complexity index is 557. The quantitative estimate of drug-likeness (QED) is 0.732. The Morgan fingerprint density at radius 1 is 1.45 bits per heavy atom. The molecule has 0 aromatic carbocycles. The van der Waals surface area contributed by atoms with Crippen LogP contribution in [0.5, 0.6) is 0 Å². The van der Waals surface area contributed by atoms with Crippen LogP contribution in [0.25, 0.3) is 0 Å². The number of aldehydes is 1. The third-order valence-electron chi connectivity index (χ3n) is 2.86. The predicted molar refractivity (Wildman–Crippen MR) is 79.4 cm³/mol. The Morgan fingerprint density at radius 3 is 2.95 bits per heavy atom. The number of nitrogens with zero attached hydrogens (tertiary/aromatic N) is 3. The van der Waals surface area contributed by atoms with Gasteiger partial charge >= 0.3 is 0 Å². The Kier molecular flexibility index (Phi) is 5.20. The Labute approximate surface area is 122 Å². The lowest BCUT2D eigenvalue weighted by Gasteiger charge is -2.14. The molecule has 2 aromatic rings. The summed E-state index contributed by atoms with van der Waals surface area (Å²) in [5.41, 5.74) is 1.75. The van der Waals surface area contributed by atoms with Gasteiger partial charge in [0.1, 0.15) is 0 Å². The molecule has 0 saturated heterocycles. The van der Waals surface area contributed by atoms with Crippen molar-refractivity contribution < 1.29 is 9.53 Å². The first-order chi connectivity index (χ1) is 9.74. The number of carbonyl (C=O) groups is 1. The molecule has 0 radical (unpaired) electrons. The lowest BCUT2D eigenvalue weighted by Crippen LogP contribution is -2.20. The molecule has 0 fully saturated rings. The van der Waals surface area contributed by atoms with Crippen molar-refractivity contribution in [1.82, 2.24) is 9.97 Å². The van der Waals surface area contributed by atoms with Crippen LogP contribution in [0.2, 0.25) is 0 Å². The van der Waals surface area contributed by atoms with E-state index in [0.717, 1.165) is 30.1 Å². The van der Waals surface area contributed by atoms with Crippen LogP contribution in [-0.2, 0) is 17.8 Å². The van der Waals surface area contributed by atoms with Gasteiger partial charge in [0.2, 0.25) is 0 Å². The molecule has 2 rings (SSSR count). The van der Waals surface area contributed by atoms with Crippen LogP contribution in [-0.4, -0.2) is 37.0 Å². The second-order valence-electron chi connectivity index (χ2n) is 4.35. The second-order valence-corrected chi connectivity index (χ2v) is 5.36. The number of hydrogen-bond acceptors (Lipinski definition) is 6. The molecular formula is C14H17N3O2S. The topological polar surface area (TPSA) is 55.3 Å². The fourth-order valence-electron chi connectivity index (χ4n) is 1.77. The summed E-state index contributed by atoms with van der Waals surface area (Å²) in [7, 11) is 3.56. The van der Waals surface area contributed by atoms with Crippen molar-refractivity contribution in [3.63, 3.8) is 0 Å². The summed E-state index contributed by atoms with van der Waals surface area (Å²) >= 11 is 1.39. The Hall–Kier alpha value is -1.79. The molecule has 20 heavy (non-hydrogen) atoms. The number of thiazole rings is 1. The first-order valence-electron chi connectivity index (χ1n) is 6.29. The number of ether oxygens (including phenoxy) is 1. The molecule has 0 unspecified atom stereocenters. The van der Waals surface area contributed by atoms with Gasteiger partial charge in [-0.15, -0.1) is 0 Å². The largest absolute Gasteiger partial charge is 0.378 e. The van der Waals surface area contributed by atoms with E-state index in [1.165, 1.54) is 11.3 Å². The maximum absolute atomic E-state index is 11.0. The van der Waals surface area contributed by atoms with E-state index >= 15 is 0 Å². The van der Waals surface area contributed by atoms with Crippen LogP contribution in [0.1, 0.15) is 21.1 Å². The zero-order valence-electron chi connectivity index (χ0n) is 11.6. The van der Waals surface area contributed by atoms with Gasteiger partial charge in [0.25, 0.3) is 0 Å². The number of aromatic nitrogens is 2. The van der Waals surface area contributed by atoms with Crippen molar-refractivity contribution in [3.8, 4) is 0 Å². The highest BCUT2D eigenvalue weighted by Gasteiger charge is 2.13. The lowest BCUT2D eigenvalue weighted by atomic mass is 10.2. The van der Waals surface area contributed by atoms with Gasteiger partial charge in [-0.05, 0) is 12.1 Å². The molecular weight excluding hydrogens is 274 g/mol. The molecule has 0 atom stereocenters. The van der Waals surface area contributed by atoms with Crippen molar-refractivity contribution in [3.05, 3.63) is 40.7 Å². The molecule has 0 aliphatic rings. The first-order valence-corrected chi connectivity index (χ1v) is 7.11. The molecule has 0 aliphatic carbocycles. The third-order valence-corrected chi connectivity index (χ3v) is 4.00. The van der Waals surface area contributed by atoms with Crippen molar-refractivity contribution in [1.29, 1.82) is 0 Å². The molecule has 106 valence electrons. The van der Waals surface area contributed by atoms with E-state index in [-0.39, 0.29) is 0 Å². The SMILES string of the molecule is COCc1nc(N(C)CCc2ccccn2)sc1C=O. The number of carbonyl (C=O) groups excluding carboxylic acids is 1. The average molecular weight is 291 g/mol. The highest BCUT2D eigenvalue weighted by atomic mass is 32.1. The minimum absolute atomic E-state index is 0.360. The predicted octanol–water partition coefficient (Wildman–Crippen LogP) is 2.18. The average Bonchev–Trinajstić information content (AvgIpc) is 2.89. The second kappa shape index (κ2) is 7.12. The fourth-order valence-corrected chi connectivity index (χ4v) is 2.64. The van der Waals surface area contributed by atoms with E-state index in [4.69, 9.17) is 4.74 Å². The maximum Gasteiger partial charge on any atom is 0.186 e. The number of likely N-dealkylation sites (N-methyl/N-ethyl adjacent to an activating group) is 1. The van der Waals surface area contributed by atoms with Gasteiger partial charge in [-0.2, -0.15) is 0 Å². The van der Waals surface area contributed by atoms with Crippen molar-refractivity contribution in [2.24, 2.45) is 0 Å². The van der Waals surface area contributed by atoms with Crippen molar-refractivity contribution in [2.45, 2.75) is 13.0 Å². The molecule has 0 N–H and O–H groups in total. The van der Waals surface area contributed by atoms with E-state index < -0.39 is 0 Å². The summed E-state index contributed by atoms with van der Waals surface area (Å²) in [5.74, 6) is 0. The van der Waals surface area contributed by atoms with Gasteiger partial charge in [0.15, 0.2) is 11.4 Å². The van der Waals surface area contributed by atoms with Crippen molar-refractivity contribution >= 4 is 22.8 Å². The Morgan fingerprint density at radius 2 is 2.30 bits per heavy atom. The highest BCUT2D eigenvalue weighted by Crippen LogP contribution is 2.24. The van der Waals surface area contributed by atoms with Crippen LogP contribution >= 0.6 is 11.3 Å².